The summed E-state index contributed by atoms with van der Waals surface area (Å²) in [6, 6.07) is 6.60. The summed E-state index contributed by atoms with van der Waals surface area (Å²) in [6.07, 6.45) is 1.54. The van der Waals surface area contributed by atoms with Crippen LogP contribution in [0.4, 0.5) is 5.69 Å². The molecule has 1 N–H and O–H groups in total. The van der Waals surface area contributed by atoms with Crippen molar-refractivity contribution in [2.45, 2.75) is 20.4 Å². The number of benzene rings is 2. The highest BCUT2D eigenvalue weighted by molar-refractivity contribution is 6.31. The number of rotatable bonds is 6. The minimum Gasteiger partial charge on any atom is -0.495 e. The molecular weight excluding hydrogens is 408 g/mol. The minimum absolute atomic E-state index is 0.218. The molecule has 0 saturated heterocycles. The highest BCUT2D eigenvalue weighted by Gasteiger charge is 2.19. The van der Waals surface area contributed by atoms with Crippen LogP contribution in [-0.2, 0) is 6.54 Å². The molecule has 0 fully saturated rings. The average Bonchev–Trinajstić information content (AvgIpc) is 2.75. The lowest BCUT2D eigenvalue weighted by atomic mass is 10.0. The normalized spacial score (nSPS) is 10.7. The van der Waals surface area contributed by atoms with Crippen LogP contribution in [-0.4, -0.2) is 31.8 Å². The third-order valence-electron chi connectivity index (χ3n) is 4.90. The number of pyridine rings is 1. The largest absolute Gasteiger partial charge is 0.495 e. The molecule has 1 amide bonds. The zero-order valence-electron chi connectivity index (χ0n) is 17.5. The van der Waals surface area contributed by atoms with Gasteiger partial charge in [-0.1, -0.05) is 11.6 Å². The molecular formula is C22H23ClN2O5. The number of aryl methyl sites for hydroxylation is 2. The first kappa shape index (κ1) is 21.5. The molecule has 0 spiro atoms. The van der Waals surface area contributed by atoms with E-state index in [2.05, 4.69) is 5.32 Å². The molecule has 0 bridgehead atoms. The van der Waals surface area contributed by atoms with E-state index in [1.54, 1.807) is 30.5 Å². The van der Waals surface area contributed by atoms with E-state index in [-0.39, 0.29) is 5.56 Å². The van der Waals surface area contributed by atoms with Crippen LogP contribution in [0.2, 0.25) is 5.02 Å². The molecule has 0 aliphatic carbocycles. The summed E-state index contributed by atoms with van der Waals surface area (Å²) in [7, 11) is 4.49. The standard InChI is InChI=1S/C22H23ClN2O5/c1-6-25-11-15(13-8-19(29-4)20(30-5)9-14(13)22(25)27)21(26)24-17-7-12(2)16(23)10-18(17)28-3/h7-11H,6H2,1-5H3,(H,24,26). The number of carbonyl (C=O) groups is 1. The van der Waals surface area contributed by atoms with E-state index < -0.39 is 5.91 Å². The summed E-state index contributed by atoms with van der Waals surface area (Å²) in [5, 5.41) is 4.22. The fourth-order valence-corrected chi connectivity index (χ4v) is 3.41. The molecule has 30 heavy (non-hydrogen) atoms. The van der Waals surface area contributed by atoms with Crippen LogP contribution < -0.4 is 25.1 Å². The monoisotopic (exact) mass is 430 g/mol. The van der Waals surface area contributed by atoms with Crippen LogP contribution in [0.15, 0.2) is 35.3 Å². The van der Waals surface area contributed by atoms with E-state index in [0.717, 1.165) is 5.56 Å². The second-order valence-electron chi connectivity index (χ2n) is 6.64. The Labute approximate surface area is 179 Å². The topological polar surface area (TPSA) is 78.8 Å². The van der Waals surface area contributed by atoms with Crippen LogP contribution in [0.1, 0.15) is 22.8 Å². The third-order valence-corrected chi connectivity index (χ3v) is 5.31. The van der Waals surface area contributed by atoms with Gasteiger partial charge in [0.1, 0.15) is 5.75 Å². The predicted octanol–water partition coefficient (Wildman–Crippen LogP) is 4.26. The number of anilines is 1. The van der Waals surface area contributed by atoms with E-state index >= 15 is 0 Å². The van der Waals surface area contributed by atoms with Gasteiger partial charge in [0.05, 0.1) is 38.0 Å². The summed E-state index contributed by atoms with van der Waals surface area (Å²) >= 11 is 6.16. The average molecular weight is 431 g/mol. The summed E-state index contributed by atoms with van der Waals surface area (Å²) in [6.45, 7) is 4.08. The van der Waals surface area contributed by atoms with Gasteiger partial charge in [-0.2, -0.15) is 0 Å². The number of carbonyl (C=O) groups excluding carboxylic acids is 1. The van der Waals surface area contributed by atoms with E-state index in [9.17, 15) is 9.59 Å². The van der Waals surface area contributed by atoms with Crippen LogP contribution >= 0.6 is 11.6 Å². The number of amides is 1. The Kier molecular flexibility index (Phi) is 6.22. The van der Waals surface area contributed by atoms with Gasteiger partial charge in [0, 0.05) is 29.2 Å². The molecule has 1 heterocycles. The van der Waals surface area contributed by atoms with E-state index in [0.29, 0.717) is 50.8 Å². The third kappa shape index (κ3) is 3.80. The van der Waals surface area contributed by atoms with Gasteiger partial charge in [-0.15, -0.1) is 0 Å². The second-order valence-corrected chi connectivity index (χ2v) is 7.05. The highest BCUT2D eigenvalue weighted by atomic mass is 35.5. The lowest BCUT2D eigenvalue weighted by Crippen LogP contribution is -2.23. The van der Waals surface area contributed by atoms with Crippen molar-refractivity contribution in [3.63, 3.8) is 0 Å². The van der Waals surface area contributed by atoms with Gasteiger partial charge in [0.25, 0.3) is 11.5 Å². The number of aromatic nitrogens is 1. The van der Waals surface area contributed by atoms with Crippen molar-refractivity contribution in [2.75, 3.05) is 26.6 Å². The maximum absolute atomic E-state index is 13.2. The lowest BCUT2D eigenvalue weighted by molar-refractivity contribution is 0.102. The Morgan fingerprint density at radius 2 is 1.60 bits per heavy atom. The van der Waals surface area contributed by atoms with Crippen molar-refractivity contribution in [3.8, 4) is 17.2 Å². The number of fused-ring (bicyclic) bond motifs is 1. The molecule has 0 aliphatic rings. The Morgan fingerprint density at radius 1 is 1.00 bits per heavy atom. The van der Waals surface area contributed by atoms with Crippen molar-refractivity contribution in [3.05, 3.63) is 57.0 Å². The lowest BCUT2D eigenvalue weighted by Gasteiger charge is -2.16. The number of methoxy groups -OCH3 is 3. The van der Waals surface area contributed by atoms with Crippen molar-refractivity contribution in [2.24, 2.45) is 0 Å². The van der Waals surface area contributed by atoms with Gasteiger partial charge in [-0.3, -0.25) is 9.59 Å². The number of hydrogen-bond acceptors (Lipinski definition) is 5. The molecule has 3 aromatic rings. The summed E-state index contributed by atoms with van der Waals surface area (Å²) in [5.74, 6) is 0.880. The molecule has 0 atom stereocenters. The molecule has 158 valence electrons. The zero-order valence-corrected chi connectivity index (χ0v) is 18.2. The molecule has 7 nitrogen and oxygen atoms in total. The Bertz CT molecular complexity index is 1190. The summed E-state index contributed by atoms with van der Waals surface area (Å²) < 4.78 is 17.5. The van der Waals surface area contributed by atoms with Crippen LogP contribution in [0.3, 0.4) is 0 Å². The number of ether oxygens (including phenoxy) is 3. The van der Waals surface area contributed by atoms with Crippen LogP contribution in [0.25, 0.3) is 10.8 Å². The van der Waals surface area contributed by atoms with Gasteiger partial charge < -0.3 is 24.1 Å². The van der Waals surface area contributed by atoms with E-state index in [1.165, 1.54) is 25.9 Å². The molecule has 0 radical (unpaired) electrons. The number of nitrogens with zero attached hydrogens (tertiary/aromatic N) is 1. The Morgan fingerprint density at radius 3 is 2.17 bits per heavy atom. The molecule has 3 rings (SSSR count). The van der Waals surface area contributed by atoms with Crippen molar-refractivity contribution in [1.29, 1.82) is 0 Å². The SMILES string of the molecule is CCn1cc(C(=O)Nc2cc(C)c(Cl)cc2OC)c2cc(OC)c(OC)cc2c1=O. The number of nitrogens with one attached hydrogen (secondary N) is 1. The van der Waals surface area contributed by atoms with Gasteiger partial charge in [-0.05, 0) is 37.6 Å². The Balaban J connectivity index is 2.20. The quantitative estimate of drug-likeness (QED) is 0.632. The number of hydrogen-bond donors (Lipinski definition) is 1. The first-order valence-electron chi connectivity index (χ1n) is 9.29. The fourth-order valence-electron chi connectivity index (χ4n) is 3.25. The van der Waals surface area contributed by atoms with Crippen molar-refractivity contribution < 1.29 is 19.0 Å². The van der Waals surface area contributed by atoms with Crippen LogP contribution in [0.5, 0.6) is 17.2 Å². The maximum atomic E-state index is 13.2. The molecule has 0 saturated carbocycles. The van der Waals surface area contributed by atoms with E-state index in [1.807, 2.05) is 13.8 Å². The minimum atomic E-state index is -0.394. The molecule has 8 heteroatoms. The highest BCUT2D eigenvalue weighted by Crippen LogP contribution is 2.34. The Hall–Kier alpha value is -3.19. The fraction of sp³-hybridized carbons (Fsp3) is 0.273. The zero-order chi connectivity index (χ0) is 22.0. The van der Waals surface area contributed by atoms with Crippen LogP contribution in [0, 0.1) is 6.92 Å². The molecule has 0 unspecified atom stereocenters. The first-order valence-corrected chi connectivity index (χ1v) is 9.67. The van der Waals surface area contributed by atoms with Crippen molar-refractivity contribution in [1.82, 2.24) is 4.57 Å². The molecule has 2 aromatic carbocycles. The van der Waals surface area contributed by atoms with E-state index in [4.69, 9.17) is 25.8 Å². The molecule has 0 aliphatic heterocycles. The smallest absolute Gasteiger partial charge is 0.258 e. The first-order chi connectivity index (χ1) is 14.3. The summed E-state index contributed by atoms with van der Waals surface area (Å²) in [5.41, 5.74) is 1.38. The second kappa shape index (κ2) is 8.67. The van der Waals surface area contributed by atoms with Gasteiger partial charge in [0.2, 0.25) is 0 Å². The molecule has 1 aromatic heterocycles. The van der Waals surface area contributed by atoms with Gasteiger partial charge >= 0.3 is 0 Å². The maximum Gasteiger partial charge on any atom is 0.258 e. The van der Waals surface area contributed by atoms with Gasteiger partial charge in [-0.25, -0.2) is 0 Å². The summed E-state index contributed by atoms with van der Waals surface area (Å²) in [4.78, 5) is 26.1. The van der Waals surface area contributed by atoms with Crippen molar-refractivity contribution >= 4 is 34.0 Å². The number of halogens is 1. The van der Waals surface area contributed by atoms with Gasteiger partial charge in [0.15, 0.2) is 11.5 Å². The predicted molar refractivity (Wildman–Crippen MR) is 118 cm³/mol.